The predicted octanol–water partition coefficient (Wildman–Crippen LogP) is 8.14. The standard InChI is InChI=1S/C33H36Cl3NO6S/c1-32(2)15-24-29(26(38)17-32)28(30-25(37(24)11-6-12-42-5)16-33(3,4)18-27(30)39)19-13-22(35)31(23(36)14-19)43-44(40,41)21-9-7-20(34)8-10-21/h7-10,13-14,28H,6,11-12,15-18H2,1-5H3. The fourth-order valence-electron chi connectivity index (χ4n) is 6.60. The second kappa shape index (κ2) is 12.1. The Morgan fingerprint density at radius 2 is 1.34 bits per heavy atom. The van der Waals surface area contributed by atoms with Gasteiger partial charge in [0.2, 0.25) is 0 Å². The average molecular weight is 681 g/mol. The topological polar surface area (TPSA) is 90.0 Å². The highest BCUT2D eigenvalue weighted by molar-refractivity contribution is 7.87. The van der Waals surface area contributed by atoms with Gasteiger partial charge in [-0.3, -0.25) is 9.59 Å². The number of allylic oxidation sites excluding steroid dienone is 4. The molecule has 2 aromatic carbocycles. The van der Waals surface area contributed by atoms with Gasteiger partial charge in [0.1, 0.15) is 4.90 Å². The van der Waals surface area contributed by atoms with Crippen LogP contribution in [-0.4, -0.2) is 45.1 Å². The lowest BCUT2D eigenvalue weighted by Gasteiger charge is -2.49. The van der Waals surface area contributed by atoms with E-state index >= 15 is 0 Å². The van der Waals surface area contributed by atoms with E-state index in [0.29, 0.717) is 60.6 Å². The van der Waals surface area contributed by atoms with E-state index < -0.39 is 16.0 Å². The molecule has 0 aromatic heterocycles. The molecule has 0 spiro atoms. The van der Waals surface area contributed by atoms with Crippen LogP contribution in [0.5, 0.6) is 5.75 Å². The molecule has 2 aromatic rings. The number of nitrogens with zero attached hydrogens (tertiary/aromatic N) is 1. The molecule has 0 saturated carbocycles. The molecule has 2 aliphatic carbocycles. The van der Waals surface area contributed by atoms with Crippen LogP contribution >= 0.6 is 34.8 Å². The van der Waals surface area contributed by atoms with Crippen LogP contribution in [0.1, 0.15) is 71.3 Å². The van der Waals surface area contributed by atoms with Crippen LogP contribution in [0.4, 0.5) is 0 Å². The number of carbonyl (C=O) groups excluding carboxylic acids is 2. The summed E-state index contributed by atoms with van der Waals surface area (Å²) in [6.07, 6.45) is 2.71. The minimum absolute atomic E-state index is 0.0277. The summed E-state index contributed by atoms with van der Waals surface area (Å²) in [6, 6.07) is 8.63. The van der Waals surface area contributed by atoms with E-state index in [2.05, 4.69) is 32.6 Å². The first-order valence-electron chi connectivity index (χ1n) is 14.5. The number of methoxy groups -OCH3 is 1. The lowest BCUT2D eigenvalue weighted by Crippen LogP contribution is -2.44. The van der Waals surface area contributed by atoms with Crippen LogP contribution in [0, 0.1) is 10.8 Å². The number of hydrogen-bond acceptors (Lipinski definition) is 7. The third-order valence-corrected chi connectivity index (χ3v) is 10.5. The Kier molecular flexibility index (Phi) is 9.08. The maximum Gasteiger partial charge on any atom is 0.339 e. The number of carbonyl (C=O) groups is 2. The number of rotatable bonds is 8. The Morgan fingerprint density at radius 3 is 1.82 bits per heavy atom. The largest absolute Gasteiger partial charge is 0.385 e. The molecular weight excluding hydrogens is 645 g/mol. The smallest absolute Gasteiger partial charge is 0.339 e. The van der Waals surface area contributed by atoms with Gasteiger partial charge in [-0.1, -0.05) is 62.5 Å². The molecule has 0 bridgehead atoms. The molecule has 0 saturated heterocycles. The summed E-state index contributed by atoms with van der Waals surface area (Å²) < 4.78 is 36.8. The summed E-state index contributed by atoms with van der Waals surface area (Å²) >= 11 is 19.3. The zero-order valence-electron chi connectivity index (χ0n) is 25.4. The summed E-state index contributed by atoms with van der Waals surface area (Å²) in [5.74, 6) is -0.984. The van der Waals surface area contributed by atoms with Gasteiger partial charge in [-0.25, -0.2) is 0 Å². The quantitative estimate of drug-likeness (QED) is 0.205. The lowest BCUT2D eigenvalue weighted by molar-refractivity contribution is -0.119. The van der Waals surface area contributed by atoms with Crippen molar-refractivity contribution in [3.8, 4) is 5.75 Å². The van der Waals surface area contributed by atoms with E-state index in [0.717, 1.165) is 17.8 Å². The first kappa shape index (κ1) is 33.0. The SMILES string of the molecule is COCCCN1C2=C(C(=O)CC(C)(C)C2)C(c2cc(Cl)c(OS(=O)(=O)c3ccc(Cl)cc3)c(Cl)c2)C2=C1CC(C)(C)CC2=O. The van der Waals surface area contributed by atoms with Crippen molar-refractivity contribution in [3.63, 3.8) is 0 Å². The molecule has 0 N–H and O–H groups in total. The highest BCUT2D eigenvalue weighted by Gasteiger charge is 2.49. The van der Waals surface area contributed by atoms with Crippen LogP contribution in [0.3, 0.4) is 0 Å². The minimum atomic E-state index is -4.28. The fourth-order valence-corrected chi connectivity index (χ4v) is 8.37. The molecule has 0 atom stereocenters. The molecule has 5 rings (SSSR count). The predicted molar refractivity (Wildman–Crippen MR) is 172 cm³/mol. The summed E-state index contributed by atoms with van der Waals surface area (Å²) in [6.45, 7) is 9.48. The fraction of sp³-hybridized carbons (Fsp3) is 0.455. The van der Waals surface area contributed by atoms with Gasteiger partial charge in [0.25, 0.3) is 0 Å². The first-order chi connectivity index (χ1) is 20.5. The van der Waals surface area contributed by atoms with Crippen LogP contribution in [-0.2, 0) is 24.4 Å². The van der Waals surface area contributed by atoms with Gasteiger partial charge in [0, 0.05) is 66.6 Å². The van der Waals surface area contributed by atoms with Crippen LogP contribution in [0.15, 0.2) is 63.8 Å². The van der Waals surface area contributed by atoms with Gasteiger partial charge in [-0.2, -0.15) is 8.42 Å². The van der Waals surface area contributed by atoms with Gasteiger partial charge in [-0.05, 0) is 72.1 Å². The zero-order chi connectivity index (χ0) is 32.2. The van der Waals surface area contributed by atoms with Crippen LogP contribution < -0.4 is 4.18 Å². The van der Waals surface area contributed by atoms with E-state index in [1.54, 1.807) is 19.2 Å². The van der Waals surface area contributed by atoms with Gasteiger partial charge >= 0.3 is 10.1 Å². The molecular formula is C33H36Cl3NO6S. The van der Waals surface area contributed by atoms with Crippen molar-refractivity contribution in [2.45, 2.75) is 70.6 Å². The molecule has 11 heteroatoms. The van der Waals surface area contributed by atoms with Crippen molar-refractivity contribution in [2.24, 2.45) is 10.8 Å². The zero-order valence-corrected chi connectivity index (χ0v) is 28.5. The van der Waals surface area contributed by atoms with Gasteiger partial charge in [-0.15, -0.1) is 0 Å². The Hall–Kier alpha value is -2.36. The molecule has 44 heavy (non-hydrogen) atoms. The Bertz CT molecular complexity index is 1620. The second-order valence-electron chi connectivity index (χ2n) is 13.3. The van der Waals surface area contributed by atoms with Crippen molar-refractivity contribution in [2.75, 3.05) is 20.3 Å². The first-order valence-corrected chi connectivity index (χ1v) is 17.1. The molecule has 1 aliphatic heterocycles. The Morgan fingerprint density at radius 1 is 0.841 bits per heavy atom. The maximum absolute atomic E-state index is 14.0. The van der Waals surface area contributed by atoms with Gasteiger partial charge in [0.15, 0.2) is 17.3 Å². The van der Waals surface area contributed by atoms with Gasteiger partial charge < -0.3 is 13.8 Å². The highest BCUT2D eigenvalue weighted by atomic mass is 35.5. The Labute approximate surface area is 274 Å². The van der Waals surface area contributed by atoms with E-state index in [1.807, 2.05) is 0 Å². The van der Waals surface area contributed by atoms with Crippen LogP contribution in [0.2, 0.25) is 15.1 Å². The number of benzene rings is 2. The second-order valence-corrected chi connectivity index (χ2v) is 16.1. The van der Waals surface area contributed by atoms with Crippen molar-refractivity contribution in [1.82, 2.24) is 4.90 Å². The number of hydrogen-bond donors (Lipinski definition) is 0. The summed E-state index contributed by atoms with van der Waals surface area (Å²) in [7, 11) is -2.63. The number of Topliss-reactive ketones (excluding diaryl/α,β-unsaturated/α-hetero) is 2. The lowest BCUT2D eigenvalue weighted by atomic mass is 9.63. The number of ketones is 2. The third kappa shape index (κ3) is 6.47. The summed E-state index contributed by atoms with van der Waals surface area (Å²) in [4.78, 5) is 30.1. The van der Waals surface area contributed by atoms with E-state index in [-0.39, 0.29) is 43.1 Å². The van der Waals surface area contributed by atoms with Crippen molar-refractivity contribution in [1.29, 1.82) is 0 Å². The Balaban J connectivity index is 1.65. The van der Waals surface area contributed by atoms with Crippen molar-refractivity contribution < 1.29 is 26.9 Å². The minimum Gasteiger partial charge on any atom is -0.385 e. The van der Waals surface area contributed by atoms with Crippen molar-refractivity contribution >= 4 is 56.5 Å². The van der Waals surface area contributed by atoms with Crippen LogP contribution in [0.25, 0.3) is 0 Å². The van der Waals surface area contributed by atoms with E-state index in [1.165, 1.54) is 24.3 Å². The third-order valence-electron chi connectivity index (χ3n) is 8.40. The van der Waals surface area contributed by atoms with Gasteiger partial charge in [0.05, 0.1) is 10.0 Å². The molecule has 1 heterocycles. The van der Waals surface area contributed by atoms with E-state index in [4.69, 9.17) is 43.7 Å². The average Bonchev–Trinajstić information content (AvgIpc) is 2.90. The van der Waals surface area contributed by atoms with E-state index in [9.17, 15) is 18.0 Å². The number of ether oxygens (including phenoxy) is 1. The molecule has 0 radical (unpaired) electrons. The van der Waals surface area contributed by atoms with Crippen molar-refractivity contribution in [3.05, 3.63) is 79.6 Å². The summed E-state index contributed by atoms with van der Waals surface area (Å²) in [5, 5.41) is 0.269. The molecule has 236 valence electrons. The summed E-state index contributed by atoms with van der Waals surface area (Å²) in [5.41, 5.74) is 2.97. The molecule has 7 nitrogen and oxygen atoms in total. The maximum atomic E-state index is 14.0. The normalized spacial score (nSPS) is 20.1. The monoisotopic (exact) mass is 679 g/mol. The molecule has 0 unspecified atom stereocenters. The molecule has 3 aliphatic rings. The highest BCUT2D eigenvalue weighted by Crippen LogP contribution is 2.55. The molecule has 0 amide bonds. The molecule has 0 fully saturated rings. The number of halogens is 3.